The minimum Gasteiger partial charge on any atom is -0.491 e. The number of hydrogen-bond acceptors (Lipinski definition) is 3. The molecular weight excluding hydrogens is 226 g/mol. The Morgan fingerprint density at radius 2 is 2.28 bits per heavy atom. The third-order valence-electron chi connectivity index (χ3n) is 3.78. The van der Waals surface area contributed by atoms with Crippen LogP contribution in [-0.2, 0) is 6.54 Å². The molecule has 0 aliphatic heterocycles. The van der Waals surface area contributed by atoms with E-state index in [1.54, 1.807) is 6.20 Å². The van der Waals surface area contributed by atoms with Gasteiger partial charge in [-0.1, -0.05) is 19.8 Å². The average Bonchev–Trinajstić information content (AvgIpc) is 2.80. The highest BCUT2D eigenvalue weighted by Gasteiger charge is 2.20. The number of hydrogen-bond donors (Lipinski definition) is 1. The standard InChI is InChI=1S/C14H25N3O/c1-3-18-13-10-16-17(11-13)9-8-15-14-7-5-4-6-12(14)2/h10-12,14-15H,3-9H2,1-2H3. The molecule has 0 saturated heterocycles. The van der Waals surface area contributed by atoms with Crippen LogP contribution in [0.3, 0.4) is 0 Å². The first kappa shape index (κ1) is 13.4. The van der Waals surface area contributed by atoms with Crippen LogP contribution in [0.2, 0.25) is 0 Å². The van der Waals surface area contributed by atoms with E-state index in [9.17, 15) is 0 Å². The third kappa shape index (κ3) is 3.73. The van der Waals surface area contributed by atoms with Crippen molar-refractivity contribution < 1.29 is 4.74 Å². The maximum absolute atomic E-state index is 5.40. The fourth-order valence-corrected chi connectivity index (χ4v) is 2.69. The molecule has 2 atom stereocenters. The van der Waals surface area contributed by atoms with Gasteiger partial charge in [0.15, 0.2) is 5.75 Å². The van der Waals surface area contributed by atoms with Crippen LogP contribution in [0, 0.1) is 5.92 Å². The van der Waals surface area contributed by atoms with Gasteiger partial charge in [-0.2, -0.15) is 5.10 Å². The lowest BCUT2D eigenvalue weighted by Crippen LogP contribution is -2.38. The fourth-order valence-electron chi connectivity index (χ4n) is 2.69. The maximum atomic E-state index is 5.40. The highest BCUT2D eigenvalue weighted by molar-refractivity contribution is 5.11. The van der Waals surface area contributed by atoms with E-state index in [0.717, 1.165) is 24.8 Å². The van der Waals surface area contributed by atoms with Gasteiger partial charge in [-0.3, -0.25) is 4.68 Å². The number of aromatic nitrogens is 2. The van der Waals surface area contributed by atoms with Gasteiger partial charge in [0, 0.05) is 12.6 Å². The molecule has 1 heterocycles. The zero-order valence-corrected chi connectivity index (χ0v) is 11.6. The van der Waals surface area contributed by atoms with E-state index in [4.69, 9.17) is 4.74 Å². The van der Waals surface area contributed by atoms with E-state index in [2.05, 4.69) is 17.3 Å². The molecule has 102 valence electrons. The minimum absolute atomic E-state index is 0.695. The summed E-state index contributed by atoms with van der Waals surface area (Å²) >= 11 is 0. The second kappa shape index (κ2) is 6.78. The van der Waals surface area contributed by atoms with Gasteiger partial charge in [0.25, 0.3) is 0 Å². The van der Waals surface area contributed by atoms with Gasteiger partial charge in [0.2, 0.25) is 0 Å². The summed E-state index contributed by atoms with van der Waals surface area (Å²) in [5.74, 6) is 1.68. The highest BCUT2D eigenvalue weighted by atomic mass is 16.5. The molecule has 2 rings (SSSR count). The van der Waals surface area contributed by atoms with E-state index in [-0.39, 0.29) is 0 Å². The quantitative estimate of drug-likeness (QED) is 0.844. The van der Waals surface area contributed by atoms with Crippen molar-refractivity contribution in [2.75, 3.05) is 13.2 Å². The summed E-state index contributed by atoms with van der Waals surface area (Å²) in [7, 11) is 0. The van der Waals surface area contributed by atoms with Gasteiger partial charge in [-0.05, 0) is 25.7 Å². The Kier molecular flexibility index (Phi) is 5.05. The zero-order chi connectivity index (χ0) is 12.8. The number of nitrogens with zero attached hydrogens (tertiary/aromatic N) is 2. The summed E-state index contributed by atoms with van der Waals surface area (Å²) in [5.41, 5.74) is 0. The molecule has 4 heteroatoms. The molecule has 0 aromatic carbocycles. The van der Waals surface area contributed by atoms with Crippen LogP contribution in [0.25, 0.3) is 0 Å². The molecule has 4 nitrogen and oxygen atoms in total. The van der Waals surface area contributed by atoms with Gasteiger partial charge in [0.1, 0.15) is 0 Å². The number of ether oxygens (including phenoxy) is 1. The van der Waals surface area contributed by atoms with Crippen molar-refractivity contribution in [1.82, 2.24) is 15.1 Å². The summed E-state index contributed by atoms with van der Waals surface area (Å²) in [6.07, 6.45) is 9.22. The molecule has 0 bridgehead atoms. The van der Waals surface area contributed by atoms with E-state index in [1.807, 2.05) is 17.8 Å². The molecule has 1 aliphatic carbocycles. The van der Waals surface area contributed by atoms with Crippen LogP contribution >= 0.6 is 0 Å². The Hall–Kier alpha value is -1.03. The molecule has 0 radical (unpaired) electrons. The predicted octanol–water partition coefficient (Wildman–Crippen LogP) is 2.45. The van der Waals surface area contributed by atoms with Crippen LogP contribution in [0.1, 0.15) is 39.5 Å². The fraction of sp³-hybridized carbons (Fsp3) is 0.786. The lowest BCUT2D eigenvalue weighted by atomic mass is 9.86. The molecular formula is C14H25N3O. The highest BCUT2D eigenvalue weighted by Crippen LogP contribution is 2.23. The monoisotopic (exact) mass is 251 g/mol. The van der Waals surface area contributed by atoms with Crippen LogP contribution < -0.4 is 10.1 Å². The van der Waals surface area contributed by atoms with Crippen molar-refractivity contribution in [3.63, 3.8) is 0 Å². The lowest BCUT2D eigenvalue weighted by Gasteiger charge is -2.29. The van der Waals surface area contributed by atoms with Gasteiger partial charge >= 0.3 is 0 Å². The molecule has 1 saturated carbocycles. The molecule has 1 aromatic rings. The number of rotatable bonds is 6. The van der Waals surface area contributed by atoms with Crippen molar-refractivity contribution in [1.29, 1.82) is 0 Å². The largest absolute Gasteiger partial charge is 0.491 e. The van der Waals surface area contributed by atoms with Crippen LogP contribution in [0.5, 0.6) is 5.75 Å². The number of nitrogens with one attached hydrogen (secondary N) is 1. The van der Waals surface area contributed by atoms with Gasteiger partial charge in [-0.25, -0.2) is 0 Å². The maximum Gasteiger partial charge on any atom is 0.157 e. The predicted molar refractivity (Wildman–Crippen MR) is 72.8 cm³/mol. The first-order chi connectivity index (χ1) is 8.79. The topological polar surface area (TPSA) is 39.1 Å². The van der Waals surface area contributed by atoms with Crippen LogP contribution in [-0.4, -0.2) is 29.0 Å². The van der Waals surface area contributed by atoms with Crippen molar-refractivity contribution in [2.45, 2.75) is 52.1 Å². The summed E-state index contributed by atoms with van der Waals surface area (Å²) in [5, 5.41) is 7.95. The average molecular weight is 251 g/mol. The van der Waals surface area contributed by atoms with Crippen molar-refractivity contribution in [3.05, 3.63) is 12.4 Å². The zero-order valence-electron chi connectivity index (χ0n) is 11.6. The van der Waals surface area contributed by atoms with Gasteiger partial charge < -0.3 is 10.1 Å². The molecule has 1 aliphatic rings. The first-order valence-electron chi connectivity index (χ1n) is 7.18. The Morgan fingerprint density at radius 1 is 1.44 bits per heavy atom. The Balaban J connectivity index is 1.70. The van der Waals surface area contributed by atoms with Crippen molar-refractivity contribution >= 4 is 0 Å². The van der Waals surface area contributed by atoms with E-state index < -0.39 is 0 Å². The van der Waals surface area contributed by atoms with E-state index in [0.29, 0.717) is 12.6 Å². The normalized spacial score (nSPS) is 24.1. The lowest BCUT2D eigenvalue weighted by molar-refractivity contribution is 0.277. The first-order valence-corrected chi connectivity index (χ1v) is 7.18. The Labute approximate surface area is 110 Å². The summed E-state index contributed by atoms with van der Waals surface area (Å²) < 4.78 is 7.35. The second-order valence-corrected chi connectivity index (χ2v) is 5.19. The van der Waals surface area contributed by atoms with Gasteiger partial charge in [0.05, 0.1) is 25.5 Å². The molecule has 0 amide bonds. The van der Waals surface area contributed by atoms with Crippen molar-refractivity contribution in [2.24, 2.45) is 5.92 Å². The van der Waals surface area contributed by atoms with Gasteiger partial charge in [-0.15, -0.1) is 0 Å². The molecule has 1 fully saturated rings. The summed E-state index contributed by atoms with van der Waals surface area (Å²) in [6.45, 7) is 6.95. The Bertz CT molecular complexity index is 351. The van der Waals surface area contributed by atoms with E-state index in [1.165, 1.54) is 25.7 Å². The smallest absolute Gasteiger partial charge is 0.157 e. The van der Waals surface area contributed by atoms with Crippen LogP contribution in [0.15, 0.2) is 12.4 Å². The summed E-state index contributed by atoms with van der Waals surface area (Å²) in [4.78, 5) is 0. The minimum atomic E-state index is 0.695. The van der Waals surface area contributed by atoms with E-state index >= 15 is 0 Å². The molecule has 1 aromatic heterocycles. The van der Waals surface area contributed by atoms with Crippen LogP contribution in [0.4, 0.5) is 0 Å². The molecule has 18 heavy (non-hydrogen) atoms. The molecule has 1 N–H and O–H groups in total. The second-order valence-electron chi connectivity index (χ2n) is 5.19. The van der Waals surface area contributed by atoms with Crippen molar-refractivity contribution in [3.8, 4) is 5.75 Å². The molecule has 0 spiro atoms. The third-order valence-corrected chi connectivity index (χ3v) is 3.78. The Morgan fingerprint density at radius 3 is 3.06 bits per heavy atom. The molecule has 2 unspecified atom stereocenters. The SMILES string of the molecule is CCOc1cnn(CCNC2CCCCC2C)c1. The summed E-state index contributed by atoms with van der Waals surface area (Å²) in [6, 6.07) is 0.695.